The zero-order valence-corrected chi connectivity index (χ0v) is 13.2. The van der Waals surface area contributed by atoms with Crippen molar-refractivity contribution in [2.24, 2.45) is 0 Å². The standard InChI is InChI=1S/C15H16N8O/c1-10(2)23-9-18-22-14(23)11-4-3-5-12(19-11)20-15(24)21-13-8-16-6-7-17-13/h3-10H,1-2H3,(H2,17,19,20,21,24). The summed E-state index contributed by atoms with van der Waals surface area (Å²) in [6.45, 7) is 4.06. The molecule has 0 aliphatic heterocycles. The smallest absolute Gasteiger partial charge is 0.310 e. The highest BCUT2D eigenvalue weighted by molar-refractivity contribution is 5.98. The molecular formula is C15H16N8O. The minimum atomic E-state index is -0.453. The van der Waals surface area contributed by atoms with E-state index in [2.05, 4.69) is 35.8 Å². The first-order chi connectivity index (χ1) is 11.6. The predicted octanol–water partition coefficient (Wildman–Crippen LogP) is 2.35. The summed E-state index contributed by atoms with van der Waals surface area (Å²) in [5, 5.41) is 13.3. The highest BCUT2D eigenvalue weighted by atomic mass is 16.2. The van der Waals surface area contributed by atoms with Crippen LogP contribution in [0.15, 0.2) is 43.1 Å². The molecule has 0 radical (unpaired) electrons. The van der Waals surface area contributed by atoms with Crippen molar-refractivity contribution in [1.29, 1.82) is 0 Å². The molecular weight excluding hydrogens is 308 g/mol. The van der Waals surface area contributed by atoms with Crippen LogP contribution in [-0.4, -0.2) is 35.7 Å². The second-order valence-electron chi connectivity index (χ2n) is 5.23. The minimum Gasteiger partial charge on any atom is -0.310 e. The molecule has 0 fully saturated rings. The number of urea groups is 1. The average Bonchev–Trinajstić information content (AvgIpc) is 3.06. The van der Waals surface area contributed by atoms with Crippen LogP contribution in [0.3, 0.4) is 0 Å². The summed E-state index contributed by atoms with van der Waals surface area (Å²) in [7, 11) is 0. The maximum absolute atomic E-state index is 12.0. The molecule has 3 aromatic rings. The van der Waals surface area contributed by atoms with Gasteiger partial charge in [-0.25, -0.2) is 14.8 Å². The molecule has 0 atom stereocenters. The van der Waals surface area contributed by atoms with Gasteiger partial charge in [0.05, 0.1) is 6.20 Å². The lowest BCUT2D eigenvalue weighted by Gasteiger charge is -2.10. The fraction of sp³-hybridized carbons (Fsp3) is 0.200. The Kier molecular flexibility index (Phi) is 4.41. The monoisotopic (exact) mass is 324 g/mol. The van der Waals surface area contributed by atoms with E-state index in [0.717, 1.165) is 0 Å². The van der Waals surface area contributed by atoms with E-state index in [1.54, 1.807) is 18.5 Å². The number of aromatic nitrogens is 6. The summed E-state index contributed by atoms with van der Waals surface area (Å²) in [5.74, 6) is 1.39. The summed E-state index contributed by atoms with van der Waals surface area (Å²) in [5.41, 5.74) is 0.624. The zero-order chi connectivity index (χ0) is 16.9. The molecule has 0 unspecified atom stereocenters. The normalized spacial score (nSPS) is 10.6. The van der Waals surface area contributed by atoms with E-state index in [4.69, 9.17) is 0 Å². The van der Waals surface area contributed by atoms with Gasteiger partial charge in [-0.2, -0.15) is 0 Å². The van der Waals surface area contributed by atoms with Gasteiger partial charge in [-0.15, -0.1) is 10.2 Å². The molecule has 9 heteroatoms. The van der Waals surface area contributed by atoms with Crippen LogP contribution in [-0.2, 0) is 0 Å². The third-order valence-corrected chi connectivity index (χ3v) is 3.15. The molecule has 0 aliphatic carbocycles. The second-order valence-corrected chi connectivity index (χ2v) is 5.23. The summed E-state index contributed by atoms with van der Waals surface area (Å²) >= 11 is 0. The third-order valence-electron chi connectivity index (χ3n) is 3.15. The first-order valence-corrected chi connectivity index (χ1v) is 7.34. The number of nitrogens with one attached hydrogen (secondary N) is 2. The first kappa shape index (κ1) is 15.5. The van der Waals surface area contributed by atoms with Gasteiger partial charge in [0.2, 0.25) is 0 Å². The Morgan fingerprint density at radius 1 is 1.17 bits per heavy atom. The van der Waals surface area contributed by atoms with Crippen molar-refractivity contribution in [3.63, 3.8) is 0 Å². The number of anilines is 2. The lowest BCUT2D eigenvalue weighted by atomic mass is 10.3. The van der Waals surface area contributed by atoms with Crippen molar-refractivity contribution in [3.8, 4) is 11.5 Å². The Morgan fingerprint density at radius 2 is 2.00 bits per heavy atom. The van der Waals surface area contributed by atoms with Gasteiger partial charge in [-0.3, -0.25) is 15.6 Å². The Hall–Kier alpha value is -3.36. The molecule has 0 aromatic carbocycles. The van der Waals surface area contributed by atoms with Crippen LogP contribution in [0.1, 0.15) is 19.9 Å². The number of hydrogen-bond acceptors (Lipinski definition) is 6. The average molecular weight is 324 g/mol. The van der Waals surface area contributed by atoms with Crippen molar-refractivity contribution in [1.82, 2.24) is 29.7 Å². The van der Waals surface area contributed by atoms with Crippen LogP contribution in [0.4, 0.5) is 16.4 Å². The maximum atomic E-state index is 12.0. The Balaban J connectivity index is 1.76. The molecule has 122 valence electrons. The molecule has 3 rings (SSSR count). The Bertz CT molecular complexity index is 830. The van der Waals surface area contributed by atoms with Crippen molar-refractivity contribution >= 4 is 17.7 Å². The predicted molar refractivity (Wildman–Crippen MR) is 88.3 cm³/mol. The zero-order valence-electron chi connectivity index (χ0n) is 13.2. The van der Waals surface area contributed by atoms with Gasteiger partial charge in [0.1, 0.15) is 17.8 Å². The van der Waals surface area contributed by atoms with Crippen LogP contribution in [0.2, 0.25) is 0 Å². The van der Waals surface area contributed by atoms with E-state index in [1.165, 1.54) is 18.6 Å². The van der Waals surface area contributed by atoms with E-state index < -0.39 is 6.03 Å². The van der Waals surface area contributed by atoms with Crippen molar-refractivity contribution < 1.29 is 4.79 Å². The second kappa shape index (κ2) is 6.82. The molecule has 2 N–H and O–H groups in total. The Labute approximate surface area is 138 Å². The van der Waals surface area contributed by atoms with Gasteiger partial charge in [-0.1, -0.05) is 6.07 Å². The highest BCUT2D eigenvalue weighted by Gasteiger charge is 2.12. The van der Waals surface area contributed by atoms with Gasteiger partial charge in [0, 0.05) is 18.4 Å². The molecule has 9 nitrogen and oxygen atoms in total. The number of pyridine rings is 1. The van der Waals surface area contributed by atoms with Crippen molar-refractivity contribution in [2.75, 3.05) is 10.6 Å². The minimum absolute atomic E-state index is 0.202. The molecule has 3 aromatic heterocycles. The van der Waals surface area contributed by atoms with Gasteiger partial charge in [0.25, 0.3) is 0 Å². The summed E-state index contributed by atoms with van der Waals surface area (Å²) < 4.78 is 1.91. The Morgan fingerprint density at radius 3 is 2.75 bits per heavy atom. The van der Waals surface area contributed by atoms with E-state index in [-0.39, 0.29) is 6.04 Å². The van der Waals surface area contributed by atoms with Crippen LogP contribution in [0.25, 0.3) is 11.5 Å². The number of nitrogens with zero attached hydrogens (tertiary/aromatic N) is 6. The molecule has 0 saturated carbocycles. The van der Waals surface area contributed by atoms with Crippen LogP contribution in [0, 0.1) is 0 Å². The summed E-state index contributed by atoms with van der Waals surface area (Å²) in [6.07, 6.45) is 6.13. The fourth-order valence-corrected chi connectivity index (χ4v) is 2.06. The molecule has 0 aliphatic rings. The van der Waals surface area contributed by atoms with Gasteiger partial charge >= 0.3 is 6.03 Å². The number of carbonyl (C=O) groups excluding carboxylic acids is 1. The van der Waals surface area contributed by atoms with E-state index in [1.807, 2.05) is 24.5 Å². The van der Waals surface area contributed by atoms with Crippen molar-refractivity contribution in [3.05, 3.63) is 43.1 Å². The fourth-order valence-electron chi connectivity index (χ4n) is 2.06. The molecule has 2 amide bonds. The summed E-state index contributed by atoms with van der Waals surface area (Å²) in [6, 6.07) is 5.04. The number of rotatable bonds is 4. The van der Waals surface area contributed by atoms with E-state index in [9.17, 15) is 4.79 Å². The van der Waals surface area contributed by atoms with Crippen LogP contribution in [0.5, 0.6) is 0 Å². The topological polar surface area (TPSA) is 111 Å². The maximum Gasteiger partial charge on any atom is 0.326 e. The molecule has 3 heterocycles. The third kappa shape index (κ3) is 3.51. The van der Waals surface area contributed by atoms with Crippen LogP contribution < -0.4 is 10.6 Å². The van der Waals surface area contributed by atoms with Gasteiger partial charge < -0.3 is 4.57 Å². The summed E-state index contributed by atoms with van der Waals surface area (Å²) in [4.78, 5) is 24.3. The molecule has 0 saturated heterocycles. The van der Waals surface area contributed by atoms with E-state index >= 15 is 0 Å². The largest absolute Gasteiger partial charge is 0.326 e. The number of amides is 2. The lowest BCUT2D eigenvalue weighted by Crippen LogP contribution is -2.20. The van der Waals surface area contributed by atoms with E-state index in [0.29, 0.717) is 23.2 Å². The molecule has 24 heavy (non-hydrogen) atoms. The molecule has 0 bridgehead atoms. The quantitative estimate of drug-likeness (QED) is 0.762. The van der Waals surface area contributed by atoms with Gasteiger partial charge in [-0.05, 0) is 26.0 Å². The SMILES string of the molecule is CC(C)n1cnnc1-c1cccc(NC(=O)Nc2cnccn2)n1. The lowest BCUT2D eigenvalue weighted by molar-refractivity contribution is 0.262. The first-order valence-electron chi connectivity index (χ1n) is 7.34. The highest BCUT2D eigenvalue weighted by Crippen LogP contribution is 2.19. The number of carbonyl (C=O) groups is 1. The molecule has 0 spiro atoms. The van der Waals surface area contributed by atoms with Gasteiger partial charge in [0.15, 0.2) is 11.6 Å². The van der Waals surface area contributed by atoms with Crippen molar-refractivity contribution in [2.45, 2.75) is 19.9 Å². The van der Waals surface area contributed by atoms with Crippen LogP contribution >= 0.6 is 0 Å². The number of hydrogen-bond donors (Lipinski definition) is 2.